The molecule has 2 aromatic rings. The van der Waals surface area contributed by atoms with Crippen LogP contribution in [0, 0.1) is 11.8 Å². The summed E-state index contributed by atoms with van der Waals surface area (Å²) in [6.45, 7) is 3.71. The highest BCUT2D eigenvalue weighted by molar-refractivity contribution is 7.89. The number of nitrogens with zero attached hydrogens (tertiary/aromatic N) is 2. The van der Waals surface area contributed by atoms with E-state index in [0.29, 0.717) is 24.0 Å². The Morgan fingerprint density at radius 1 is 1.28 bits per heavy atom. The van der Waals surface area contributed by atoms with Gasteiger partial charge in [-0.3, -0.25) is 4.90 Å². The minimum absolute atomic E-state index is 0.200. The Morgan fingerprint density at radius 2 is 2.12 bits per heavy atom. The standard InChI is InChI=1S/C17H21N3O3S2/c21-25(22,14-4-2-1-3-5-14)19-8-13-12-23-16-10-20(9-15(13)16)11-17-18-6-7-24-17/h1-7,13,15-16,19H,8-12H2/t13-,15+,16+/m1/s1. The first kappa shape index (κ1) is 17.1. The quantitative estimate of drug-likeness (QED) is 0.825. The molecule has 2 aliphatic rings. The van der Waals surface area contributed by atoms with E-state index in [4.69, 9.17) is 4.74 Å². The first-order valence-corrected chi connectivity index (χ1v) is 10.7. The van der Waals surface area contributed by atoms with Crippen LogP contribution >= 0.6 is 11.3 Å². The molecular formula is C17H21N3O3S2. The number of rotatable bonds is 6. The molecule has 25 heavy (non-hydrogen) atoms. The summed E-state index contributed by atoms with van der Waals surface area (Å²) in [7, 11) is -3.46. The fourth-order valence-corrected chi connectivity index (χ4v) is 5.41. The van der Waals surface area contributed by atoms with Crippen LogP contribution in [0.1, 0.15) is 5.01 Å². The van der Waals surface area contributed by atoms with Crippen LogP contribution in [0.3, 0.4) is 0 Å². The lowest BCUT2D eigenvalue weighted by Crippen LogP contribution is -2.34. The fraction of sp³-hybridized carbons (Fsp3) is 0.471. The van der Waals surface area contributed by atoms with Crippen LogP contribution in [-0.2, 0) is 21.3 Å². The molecule has 4 rings (SSSR count). The maximum Gasteiger partial charge on any atom is 0.240 e. The number of hydrogen-bond acceptors (Lipinski definition) is 6. The van der Waals surface area contributed by atoms with Gasteiger partial charge in [0.05, 0.1) is 24.2 Å². The van der Waals surface area contributed by atoms with Crippen LogP contribution in [0.25, 0.3) is 0 Å². The highest BCUT2D eigenvalue weighted by Crippen LogP contribution is 2.34. The minimum Gasteiger partial charge on any atom is -0.376 e. The van der Waals surface area contributed by atoms with Crippen LogP contribution < -0.4 is 4.72 Å². The molecule has 0 radical (unpaired) electrons. The number of likely N-dealkylation sites (tertiary alicyclic amines) is 1. The molecule has 0 saturated carbocycles. The smallest absolute Gasteiger partial charge is 0.240 e. The van der Waals surface area contributed by atoms with Gasteiger partial charge in [-0.1, -0.05) is 18.2 Å². The third-order valence-corrected chi connectivity index (χ3v) is 7.15. The van der Waals surface area contributed by atoms with Gasteiger partial charge in [0.2, 0.25) is 10.0 Å². The van der Waals surface area contributed by atoms with Crippen molar-refractivity contribution in [3.63, 3.8) is 0 Å². The van der Waals surface area contributed by atoms with E-state index in [-0.39, 0.29) is 12.0 Å². The summed E-state index contributed by atoms with van der Waals surface area (Å²) in [6, 6.07) is 8.50. The largest absolute Gasteiger partial charge is 0.376 e. The zero-order valence-electron chi connectivity index (χ0n) is 13.7. The van der Waals surface area contributed by atoms with Crippen LogP contribution in [0.15, 0.2) is 46.8 Å². The first-order valence-electron chi connectivity index (χ1n) is 8.39. The van der Waals surface area contributed by atoms with Crippen molar-refractivity contribution in [1.82, 2.24) is 14.6 Å². The molecule has 8 heteroatoms. The van der Waals surface area contributed by atoms with Crippen LogP contribution in [0.2, 0.25) is 0 Å². The van der Waals surface area contributed by atoms with Crippen LogP contribution in [0.4, 0.5) is 0 Å². The Labute approximate surface area is 151 Å². The average molecular weight is 380 g/mol. The van der Waals surface area contributed by atoms with E-state index in [2.05, 4.69) is 14.6 Å². The number of benzene rings is 1. The summed E-state index contributed by atoms with van der Waals surface area (Å²) >= 11 is 1.66. The van der Waals surface area contributed by atoms with E-state index < -0.39 is 10.0 Å². The van der Waals surface area contributed by atoms with E-state index in [1.165, 1.54) is 0 Å². The highest BCUT2D eigenvalue weighted by atomic mass is 32.2. The predicted molar refractivity (Wildman–Crippen MR) is 95.7 cm³/mol. The number of sulfonamides is 1. The van der Waals surface area contributed by atoms with Gasteiger partial charge in [-0.15, -0.1) is 11.3 Å². The molecule has 0 unspecified atom stereocenters. The van der Waals surface area contributed by atoms with E-state index in [0.717, 1.165) is 24.6 Å². The first-order chi connectivity index (χ1) is 12.1. The lowest BCUT2D eigenvalue weighted by atomic mass is 9.93. The van der Waals surface area contributed by atoms with E-state index in [9.17, 15) is 8.42 Å². The van der Waals surface area contributed by atoms with Crippen molar-refractivity contribution in [2.75, 3.05) is 26.2 Å². The Balaban J connectivity index is 1.35. The van der Waals surface area contributed by atoms with E-state index >= 15 is 0 Å². The number of hydrogen-bond donors (Lipinski definition) is 1. The SMILES string of the molecule is O=S(=O)(NC[C@@H]1CO[C@H]2CN(Cc3nccs3)C[C@@H]12)c1ccccc1. The van der Waals surface area contributed by atoms with Crippen molar-refractivity contribution in [2.45, 2.75) is 17.5 Å². The average Bonchev–Trinajstić information content (AvgIpc) is 3.32. The maximum atomic E-state index is 12.4. The fourth-order valence-electron chi connectivity index (χ4n) is 3.64. The third-order valence-electron chi connectivity index (χ3n) is 4.95. The molecule has 3 atom stereocenters. The van der Waals surface area contributed by atoms with Crippen LogP contribution in [-0.4, -0.2) is 50.6 Å². The van der Waals surface area contributed by atoms with Crippen molar-refractivity contribution >= 4 is 21.4 Å². The molecule has 0 spiro atoms. The Bertz CT molecular complexity index is 796. The molecule has 1 aromatic heterocycles. The van der Waals surface area contributed by atoms with Crippen molar-refractivity contribution in [3.8, 4) is 0 Å². The number of aromatic nitrogens is 1. The molecule has 2 fully saturated rings. The summed E-state index contributed by atoms with van der Waals surface area (Å²) in [4.78, 5) is 7.00. The molecule has 134 valence electrons. The van der Waals surface area contributed by atoms with Crippen molar-refractivity contribution < 1.29 is 13.2 Å². The maximum absolute atomic E-state index is 12.4. The normalized spacial score (nSPS) is 26.8. The van der Waals surface area contributed by atoms with Gasteiger partial charge in [-0.2, -0.15) is 0 Å². The Morgan fingerprint density at radius 3 is 2.88 bits per heavy atom. The Hall–Kier alpha value is -1.32. The second-order valence-corrected chi connectivity index (χ2v) is 9.33. The predicted octanol–water partition coefficient (Wildman–Crippen LogP) is 1.57. The van der Waals surface area contributed by atoms with Gasteiger partial charge in [0, 0.05) is 43.0 Å². The van der Waals surface area contributed by atoms with Crippen molar-refractivity contribution in [2.24, 2.45) is 11.8 Å². The van der Waals surface area contributed by atoms with E-state index in [1.54, 1.807) is 35.6 Å². The summed E-state index contributed by atoms with van der Waals surface area (Å²) < 4.78 is 33.4. The monoisotopic (exact) mass is 379 g/mol. The summed E-state index contributed by atoms with van der Waals surface area (Å²) in [5.74, 6) is 0.586. The molecule has 2 aliphatic heterocycles. The van der Waals surface area contributed by atoms with Gasteiger partial charge in [-0.05, 0) is 12.1 Å². The van der Waals surface area contributed by atoms with Gasteiger partial charge in [0.25, 0.3) is 0 Å². The molecule has 1 N–H and O–H groups in total. The lowest BCUT2D eigenvalue weighted by molar-refractivity contribution is 0.0942. The number of nitrogens with one attached hydrogen (secondary N) is 1. The molecular weight excluding hydrogens is 358 g/mol. The van der Waals surface area contributed by atoms with Gasteiger partial charge in [-0.25, -0.2) is 18.1 Å². The zero-order valence-corrected chi connectivity index (χ0v) is 15.4. The Kier molecular flexibility index (Phi) is 4.88. The minimum atomic E-state index is -3.46. The highest BCUT2D eigenvalue weighted by Gasteiger charge is 2.43. The van der Waals surface area contributed by atoms with Crippen molar-refractivity contribution in [3.05, 3.63) is 46.9 Å². The molecule has 3 heterocycles. The van der Waals surface area contributed by atoms with Gasteiger partial charge in [0.1, 0.15) is 5.01 Å². The van der Waals surface area contributed by atoms with E-state index in [1.807, 2.05) is 17.6 Å². The summed E-state index contributed by atoms with van der Waals surface area (Å²) in [6.07, 6.45) is 2.03. The zero-order chi connectivity index (χ0) is 17.3. The second-order valence-electron chi connectivity index (χ2n) is 6.58. The second kappa shape index (κ2) is 7.13. The van der Waals surface area contributed by atoms with Gasteiger partial charge in [0.15, 0.2) is 0 Å². The summed E-state index contributed by atoms with van der Waals surface area (Å²) in [5.41, 5.74) is 0. The third kappa shape index (κ3) is 3.78. The van der Waals surface area contributed by atoms with Gasteiger partial charge < -0.3 is 4.74 Å². The van der Waals surface area contributed by atoms with Crippen LogP contribution in [0.5, 0.6) is 0 Å². The number of thiazole rings is 1. The molecule has 6 nitrogen and oxygen atoms in total. The summed E-state index contributed by atoms with van der Waals surface area (Å²) in [5, 5.41) is 3.10. The molecule has 1 aromatic carbocycles. The molecule has 0 aliphatic carbocycles. The molecule has 0 amide bonds. The lowest BCUT2D eigenvalue weighted by Gasteiger charge is -2.19. The number of fused-ring (bicyclic) bond motifs is 1. The topological polar surface area (TPSA) is 71.5 Å². The van der Waals surface area contributed by atoms with Crippen molar-refractivity contribution in [1.29, 1.82) is 0 Å². The number of ether oxygens (including phenoxy) is 1. The van der Waals surface area contributed by atoms with Gasteiger partial charge >= 0.3 is 0 Å². The molecule has 2 saturated heterocycles. The molecule has 0 bridgehead atoms.